The van der Waals surface area contributed by atoms with Crippen molar-refractivity contribution in [2.45, 2.75) is 58.6 Å². The number of imidazole rings is 1. The third-order valence-electron chi connectivity index (χ3n) is 6.44. The van der Waals surface area contributed by atoms with Crippen molar-refractivity contribution in [2.75, 3.05) is 26.1 Å². The summed E-state index contributed by atoms with van der Waals surface area (Å²) in [5.41, 5.74) is 5.72. The number of esters is 1. The highest BCUT2D eigenvalue weighted by molar-refractivity contribution is 7.52. The van der Waals surface area contributed by atoms with Crippen molar-refractivity contribution in [1.29, 1.82) is 0 Å². The summed E-state index contributed by atoms with van der Waals surface area (Å²) >= 11 is 0. The van der Waals surface area contributed by atoms with Crippen LogP contribution in [0.5, 0.6) is 11.6 Å². The molecule has 3 aromatic rings. The Morgan fingerprint density at radius 1 is 1.30 bits per heavy atom. The molecule has 0 radical (unpaired) electrons. The maximum atomic E-state index is 13.8. The van der Waals surface area contributed by atoms with Crippen LogP contribution in [-0.2, 0) is 23.4 Å². The van der Waals surface area contributed by atoms with Crippen LogP contribution in [0.1, 0.15) is 40.3 Å². The summed E-state index contributed by atoms with van der Waals surface area (Å²) in [5, 5.41) is 13.9. The van der Waals surface area contributed by atoms with E-state index in [4.69, 9.17) is 29.0 Å². The summed E-state index contributed by atoms with van der Waals surface area (Å²) in [5.74, 6) is -0.160. The van der Waals surface area contributed by atoms with Gasteiger partial charge in [0.1, 0.15) is 24.1 Å². The molecule has 0 spiro atoms. The average Bonchev–Trinajstić information content (AvgIpc) is 3.43. The monoisotopic (exact) mass is 578 g/mol. The van der Waals surface area contributed by atoms with Crippen molar-refractivity contribution in [3.63, 3.8) is 0 Å². The van der Waals surface area contributed by atoms with Crippen LogP contribution in [0.3, 0.4) is 0 Å². The van der Waals surface area contributed by atoms with Crippen molar-refractivity contribution in [2.24, 2.45) is 5.41 Å². The molecule has 2 aromatic heterocycles. The highest BCUT2D eigenvalue weighted by atomic mass is 31.2. The van der Waals surface area contributed by atoms with E-state index in [1.54, 1.807) is 48.7 Å². The summed E-state index contributed by atoms with van der Waals surface area (Å²) in [6.45, 7) is 6.86. The van der Waals surface area contributed by atoms with Crippen molar-refractivity contribution in [3.05, 3.63) is 36.7 Å². The number of hydrogen-bond acceptors (Lipinski definition) is 12. The fourth-order valence-electron chi connectivity index (χ4n) is 4.31. The molecule has 3 heterocycles. The fourth-order valence-corrected chi connectivity index (χ4v) is 5.82. The molecule has 0 saturated carbocycles. The largest absolute Gasteiger partial charge is 0.479 e. The Balaban J connectivity index is 1.55. The van der Waals surface area contributed by atoms with E-state index in [1.165, 1.54) is 20.4 Å². The van der Waals surface area contributed by atoms with Crippen LogP contribution in [0.4, 0.5) is 5.95 Å². The number of aliphatic hydroxyl groups excluding tert-OH is 1. The molecule has 1 fully saturated rings. The minimum Gasteiger partial charge on any atom is -0.479 e. The minimum atomic E-state index is -4.16. The standard InChI is InChI=1S/C25H35N6O8P/c1-6-12-36-22(33)15(2)30-40(34,39-16-10-8-7-9-11-16)37-13-17-19(32)25(3,4)23(38-17)31-14-27-18-20(31)28-24(26)29-21(18)35-5/h7-11,14-15,17,19,23,32H,6,12-13H2,1-5H3,(H,30,34)(H2,26,28,29)/t15-,17+,19+,23+,40?/m0/s1. The number of hydrogen-bond donors (Lipinski definition) is 3. The van der Waals surface area contributed by atoms with Gasteiger partial charge in [0, 0.05) is 5.41 Å². The molecule has 1 aliphatic rings. The zero-order valence-electron chi connectivity index (χ0n) is 23.0. The molecule has 0 bridgehead atoms. The van der Waals surface area contributed by atoms with Gasteiger partial charge in [0.25, 0.3) is 0 Å². The Kier molecular flexibility index (Phi) is 8.96. The van der Waals surface area contributed by atoms with Gasteiger partial charge in [0.05, 0.1) is 32.8 Å². The normalized spacial score (nSPS) is 22.5. The lowest BCUT2D eigenvalue weighted by atomic mass is 9.84. The Bertz CT molecular complexity index is 1370. The summed E-state index contributed by atoms with van der Waals surface area (Å²) in [4.78, 5) is 25.0. The van der Waals surface area contributed by atoms with E-state index in [0.717, 1.165) is 0 Å². The molecule has 1 unspecified atom stereocenters. The molecule has 0 amide bonds. The summed E-state index contributed by atoms with van der Waals surface area (Å²) < 4.78 is 43.5. The highest BCUT2D eigenvalue weighted by Gasteiger charge is 2.52. The summed E-state index contributed by atoms with van der Waals surface area (Å²) in [7, 11) is -2.71. The van der Waals surface area contributed by atoms with E-state index in [0.29, 0.717) is 17.6 Å². The number of carbonyl (C=O) groups excluding carboxylic acids is 1. The molecule has 5 atom stereocenters. The molecule has 1 saturated heterocycles. The molecule has 4 N–H and O–H groups in total. The smallest absolute Gasteiger partial charge is 0.459 e. The average molecular weight is 579 g/mol. The molecule has 1 aromatic carbocycles. The number of anilines is 1. The SMILES string of the molecule is CCCOC(=O)[C@H](C)NP(=O)(OC[C@H]1O[C@@H](n2cnc3c(OC)nc(N)nc32)C(C)(C)[C@@H]1O)Oc1ccccc1. The van der Waals surface area contributed by atoms with Crippen LogP contribution < -0.4 is 20.1 Å². The van der Waals surface area contributed by atoms with Crippen molar-refractivity contribution >= 4 is 30.8 Å². The molecule has 40 heavy (non-hydrogen) atoms. The number of aromatic nitrogens is 4. The first-order valence-corrected chi connectivity index (χ1v) is 14.3. The first-order chi connectivity index (χ1) is 19.0. The second-order valence-electron chi connectivity index (χ2n) is 9.92. The molecule has 1 aliphatic heterocycles. The predicted octanol–water partition coefficient (Wildman–Crippen LogP) is 2.84. The quantitative estimate of drug-likeness (QED) is 0.211. The second kappa shape index (κ2) is 12.1. The Morgan fingerprint density at radius 3 is 2.70 bits per heavy atom. The van der Waals surface area contributed by atoms with Gasteiger partial charge in [0.2, 0.25) is 11.8 Å². The van der Waals surface area contributed by atoms with Crippen molar-refractivity contribution < 1.29 is 37.7 Å². The lowest BCUT2D eigenvalue weighted by Crippen LogP contribution is -2.38. The Labute approximate surface area is 231 Å². The molecule has 15 heteroatoms. The zero-order valence-corrected chi connectivity index (χ0v) is 23.9. The number of aliphatic hydroxyl groups is 1. The third kappa shape index (κ3) is 6.21. The number of nitrogens with zero attached hydrogens (tertiary/aromatic N) is 4. The van der Waals surface area contributed by atoms with Gasteiger partial charge in [-0.1, -0.05) is 39.0 Å². The first kappa shape index (κ1) is 29.7. The Morgan fingerprint density at radius 2 is 2.02 bits per heavy atom. The number of nitrogen functional groups attached to an aromatic ring is 1. The van der Waals surface area contributed by atoms with Crippen molar-refractivity contribution in [1.82, 2.24) is 24.6 Å². The number of nitrogens with two attached hydrogens (primary N) is 1. The van der Waals surface area contributed by atoms with Gasteiger partial charge in [0.15, 0.2) is 11.2 Å². The molecule has 218 valence electrons. The van der Waals surface area contributed by atoms with E-state index >= 15 is 0 Å². The maximum absolute atomic E-state index is 13.8. The molecule has 0 aliphatic carbocycles. The van der Waals surface area contributed by atoms with Crippen LogP contribution in [0.25, 0.3) is 11.2 Å². The van der Waals surface area contributed by atoms with Gasteiger partial charge in [-0.05, 0) is 25.5 Å². The number of para-hydroxylation sites is 1. The van der Waals surface area contributed by atoms with Gasteiger partial charge >= 0.3 is 13.7 Å². The number of ether oxygens (including phenoxy) is 3. The van der Waals surface area contributed by atoms with Gasteiger partial charge in [-0.2, -0.15) is 15.1 Å². The number of benzene rings is 1. The number of carbonyl (C=O) groups is 1. The van der Waals surface area contributed by atoms with E-state index in [9.17, 15) is 14.5 Å². The van der Waals surface area contributed by atoms with Crippen LogP contribution in [-0.4, -0.2) is 69.2 Å². The molecule has 4 rings (SSSR count). The first-order valence-electron chi connectivity index (χ1n) is 12.8. The number of methoxy groups -OCH3 is 1. The van der Waals surface area contributed by atoms with Gasteiger partial charge in [-0.25, -0.2) is 9.55 Å². The van der Waals surface area contributed by atoms with E-state index in [1.807, 2.05) is 6.92 Å². The van der Waals surface area contributed by atoms with E-state index in [-0.39, 0.29) is 30.8 Å². The van der Waals surface area contributed by atoms with Crippen LogP contribution in [0.2, 0.25) is 0 Å². The van der Waals surface area contributed by atoms with E-state index in [2.05, 4.69) is 20.0 Å². The van der Waals surface area contributed by atoms with Crippen LogP contribution in [0.15, 0.2) is 36.7 Å². The van der Waals surface area contributed by atoms with Gasteiger partial charge in [-0.15, -0.1) is 0 Å². The minimum absolute atomic E-state index is 0.0148. The number of nitrogens with one attached hydrogen (secondary N) is 1. The van der Waals surface area contributed by atoms with Gasteiger partial charge in [-0.3, -0.25) is 13.9 Å². The number of rotatable bonds is 12. The summed E-state index contributed by atoms with van der Waals surface area (Å²) in [6.07, 6.45) is -0.620. The van der Waals surface area contributed by atoms with Crippen LogP contribution in [0, 0.1) is 5.41 Å². The lowest BCUT2D eigenvalue weighted by molar-refractivity contribution is -0.145. The summed E-state index contributed by atoms with van der Waals surface area (Å²) in [6, 6.07) is 7.38. The van der Waals surface area contributed by atoms with Crippen LogP contribution >= 0.6 is 7.75 Å². The fraction of sp³-hybridized carbons (Fsp3) is 0.520. The molecular weight excluding hydrogens is 543 g/mol. The van der Waals surface area contributed by atoms with E-state index < -0.39 is 43.6 Å². The maximum Gasteiger partial charge on any atom is 0.459 e. The second-order valence-corrected chi connectivity index (χ2v) is 11.6. The topological polar surface area (TPSA) is 182 Å². The van der Waals surface area contributed by atoms with Gasteiger partial charge < -0.3 is 29.6 Å². The predicted molar refractivity (Wildman–Crippen MR) is 144 cm³/mol. The highest BCUT2D eigenvalue weighted by Crippen LogP contribution is 2.49. The third-order valence-corrected chi connectivity index (χ3v) is 8.08. The molecule has 14 nitrogen and oxygen atoms in total. The zero-order chi connectivity index (χ0) is 29.1. The lowest BCUT2D eigenvalue weighted by Gasteiger charge is -2.29. The number of fused-ring (bicyclic) bond motifs is 1. The molecular formula is C25H35N6O8P. The van der Waals surface area contributed by atoms with Crippen molar-refractivity contribution in [3.8, 4) is 11.6 Å². The Hall–Kier alpha value is -3.29.